The van der Waals surface area contributed by atoms with Crippen molar-refractivity contribution in [1.29, 1.82) is 0 Å². The Bertz CT molecular complexity index is 419. The summed E-state index contributed by atoms with van der Waals surface area (Å²) in [5.74, 6) is 0.663. The summed E-state index contributed by atoms with van der Waals surface area (Å²) < 4.78 is 5.19. The van der Waals surface area contributed by atoms with Crippen molar-refractivity contribution < 1.29 is 9.32 Å². The van der Waals surface area contributed by atoms with Crippen LogP contribution < -0.4 is 5.32 Å². The Morgan fingerprint density at radius 1 is 1.28 bits per heavy atom. The van der Waals surface area contributed by atoms with Crippen molar-refractivity contribution in [3.05, 3.63) is 11.7 Å². The molecule has 6 heteroatoms. The van der Waals surface area contributed by atoms with Crippen LogP contribution in [0.2, 0.25) is 0 Å². The van der Waals surface area contributed by atoms with Crippen molar-refractivity contribution in [2.24, 2.45) is 0 Å². The van der Waals surface area contributed by atoms with Crippen molar-refractivity contribution in [2.75, 3.05) is 19.6 Å². The predicted octanol–water partition coefficient (Wildman–Crippen LogP) is 1.12. The van der Waals surface area contributed by atoms with Crippen LogP contribution in [0.15, 0.2) is 4.52 Å². The first-order valence-electron chi connectivity index (χ1n) is 6.71. The number of carbonyl (C=O) groups excluding carboxylic acids is 1. The van der Waals surface area contributed by atoms with Crippen molar-refractivity contribution >= 4 is 5.91 Å². The molecule has 0 bridgehead atoms. The smallest absolute Gasteiger partial charge is 0.295 e. The van der Waals surface area contributed by atoms with Crippen LogP contribution in [0, 0.1) is 0 Å². The maximum atomic E-state index is 12.1. The highest BCUT2D eigenvalue weighted by atomic mass is 16.5. The number of nitrogens with one attached hydrogen (secondary N) is 1. The van der Waals surface area contributed by atoms with Crippen molar-refractivity contribution in [2.45, 2.75) is 38.1 Å². The highest BCUT2D eigenvalue weighted by molar-refractivity contribution is 5.90. The van der Waals surface area contributed by atoms with E-state index in [2.05, 4.69) is 15.5 Å². The van der Waals surface area contributed by atoms with Gasteiger partial charge in [0.1, 0.15) is 0 Å². The average Bonchev–Trinajstić information content (AvgIpc) is 3.09. The Morgan fingerprint density at radius 2 is 2.11 bits per heavy atom. The maximum Gasteiger partial charge on any atom is 0.295 e. The summed E-state index contributed by atoms with van der Waals surface area (Å²) in [4.78, 5) is 18.2. The fourth-order valence-corrected chi connectivity index (χ4v) is 2.60. The zero-order valence-corrected chi connectivity index (χ0v) is 10.4. The monoisotopic (exact) mass is 250 g/mol. The lowest BCUT2D eigenvalue weighted by Crippen LogP contribution is -2.36. The summed E-state index contributed by atoms with van der Waals surface area (Å²) in [5.41, 5.74) is 0. The van der Waals surface area contributed by atoms with Gasteiger partial charge in [-0.3, -0.25) is 4.79 Å². The molecule has 1 N–H and O–H groups in total. The van der Waals surface area contributed by atoms with Gasteiger partial charge in [0.05, 0.1) is 6.04 Å². The Balaban J connectivity index is 1.69. The highest BCUT2D eigenvalue weighted by Crippen LogP contribution is 2.21. The molecular formula is C12H18N4O2. The Morgan fingerprint density at radius 3 is 2.83 bits per heavy atom. The van der Waals surface area contributed by atoms with Crippen LogP contribution in [-0.2, 0) is 0 Å². The Labute approximate surface area is 106 Å². The molecule has 1 amide bonds. The highest BCUT2D eigenvalue weighted by Gasteiger charge is 2.27. The van der Waals surface area contributed by atoms with Crippen LogP contribution in [0.5, 0.6) is 0 Å². The molecule has 2 fully saturated rings. The number of carbonyl (C=O) groups is 1. The van der Waals surface area contributed by atoms with Crippen molar-refractivity contribution in [3.8, 4) is 0 Å². The molecule has 0 radical (unpaired) electrons. The number of piperidine rings is 1. The average molecular weight is 250 g/mol. The fraction of sp³-hybridized carbons (Fsp3) is 0.750. The normalized spacial score (nSPS) is 24.4. The Hall–Kier alpha value is -1.43. The maximum absolute atomic E-state index is 12.1. The second-order valence-electron chi connectivity index (χ2n) is 4.96. The molecule has 1 atom stereocenters. The second kappa shape index (κ2) is 5.06. The zero-order chi connectivity index (χ0) is 12.4. The molecule has 2 saturated heterocycles. The quantitative estimate of drug-likeness (QED) is 0.851. The van der Waals surface area contributed by atoms with Gasteiger partial charge in [-0.05, 0) is 38.6 Å². The summed E-state index contributed by atoms with van der Waals surface area (Å²) >= 11 is 0. The minimum atomic E-state index is -0.0947. The van der Waals surface area contributed by atoms with Gasteiger partial charge >= 0.3 is 0 Å². The standard InChI is InChI=1S/C12H18N4O2/c17-12(16-7-2-1-3-8-16)10-14-11(18-15-10)9-5-4-6-13-9/h9,13H,1-8H2. The summed E-state index contributed by atoms with van der Waals surface area (Å²) in [6, 6.07) is 0.125. The zero-order valence-electron chi connectivity index (χ0n) is 10.4. The van der Waals surface area contributed by atoms with Crippen LogP contribution in [0.3, 0.4) is 0 Å². The van der Waals surface area contributed by atoms with E-state index >= 15 is 0 Å². The largest absolute Gasteiger partial charge is 0.337 e. The van der Waals surface area contributed by atoms with Crippen molar-refractivity contribution in [3.63, 3.8) is 0 Å². The van der Waals surface area contributed by atoms with Gasteiger partial charge in [0.25, 0.3) is 11.7 Å². The number of hydrogen-bond donors (Lipinski definition) is 1. The van der Waals surface area contributed by atoms with E-state index in [4.69, 9.17) is 4.52 Å². The van der Waals surface area contributed by atoms with Gasteiger partial charge in [-0.2, -0.15) is 4.98 Å². The van der Waals surface area contributed by atoms with Gasteiger partial charge in [-0.25, -0.2) is 0 Å². The summed E-state index contributed by atoms with van der Waals surface area (Å²) in [5, 5.41) is 7.10. The van der Waals surface area contributed by atoms with Gasteiger partial charge in [0.15, 0.2) is 0 Å². The third-order valence-electron chi connectivity index (χ3n) is 3.63. The minimum absolute atomic E-state index is 0.0947. The van der Waals surface area contributed by atoms with E-state index in [1.165, 1.54) is 6.42 Å². The van der Waals surface area contributed by atoms with E-state index < -0.39 is 0 Å². The molecule has 18 heavy (non-hydrogen) atoms. The molecular weight excluding hydrogens is 232 g/mol. The molecule has 0 aliphatic carbocycles. The molecule has 2 aliphatic rings. The fourth-order valence-electron chi connectivity index (χ4n) is 2.60. The van der Waals surface area contributed by atoms with Crippen LogP contribution in [-0.4, -0.2) is 40.6 Å². The van der Waals surface area contributed by atoms with E-state index in [1.54, 1.807) is 0 Å². The minimum Gasteiger partial charge on any atom is -0.337 e. The molecule has 0 saturated carbocycles. The molecule has 98 valence electrons. The third kappa shape index (κ3) is 2.25. The first-order chi connectivity index (χ1) is 8.84. The summed E-state index contributed by atoms with van der Waals surface area (Å²) in [6.07, 6.45) is 5.45. The molecule has 1 aromatic heterocycles. The molecule has 3 heterocycles. The van der Waals surface area contributed by atoms with E-state index in [0.717, 1.165) is 45.3 Å². The second-order valence-corrected chi connectivity index (χ2v) is 4.96. The van der Waals surface area contributed by atoms with Crippen molar-refractivity contribution in [1.82, 2.24) is 20.4 Å². The first-order valence-corrected chi connectivity index (χ1v) is 6.71. The van der Waals surface area contributed by atoms with Crippen LogP contribution >= 0.6 is 0 Å². The van der Waals surface area contributed by atoms with Gasteiger partial charge < -0.3 is 14.7 Å². The molecule has 1 aromatic rings. The van der Waals surface area contributed by atoms with E-state index in [9.17, 15) is 4.79 Å². The van der Waals surface area contributed by atoms with Gasteiger partial charge in [0.2, 0.25) is 5.89 Å². The summed E-state index contributed by atoms with van der Waals surface area (Å²) in [7, 11) is 0. The van der Waals surface area contributed by atoms with Crippen LogP contribution in [0.25, 0.3) is 0 Å². The first kappa shape index (κ1) is 11.6. The SMILES string of the molecule is O=C(c1noc(C2CCCN2)n1)N1CCCCC1. The molecule has 2 aliphatic heterocycles. The van der Waals surface area contributed by atoms with E-state index in [1.807, 2.05) is 4.90 Å². The lowest BCUT2D eigenvalue weighted by atomic mass is 10.1. The number of nitrogens with zero attached hydrogens (tertiary/aromatic N) is 3. The third-order valence-corrected chi connectivity index (χ3v) is 3.63. The predicted molar refractivity (Wildman–Crippen MR) is 64.0 cm³/mol. The number of likely N-dealkylation sites (tertiary alicyclic amines) is 1. The number of amides is 1. The van der Waals surface area contributed by atoms with Crippen LogP contribution in [0.1, 0.15) is 54.7 Å². The number of aromatic nitrogens is 2. The molecule has 1 unspecified atom stereocenters. The molecule has 0 aromatic carbocycles. The number of rotatable bonds is 2. The van der Waals surface area contributed by atoms with Gasteiger partial charge in [0, 0.05) is 13.1 Å². The Kier molecular flexibility index (Phi) is 3.27. The number of hydrogen-bond acceptors (Lipinski definition) is 5. The molecule has 0 spiro atoms. The molecule has 6 nitrogen and oxygen atoms in total. The molecule has 3 rings (SSSR count). The lowest BCUT2D eigenvalue weighted by molar-refractivity contribution is 0.0708. The topological polar surface area (TPSA) is 71.3 Å². The lowest BCUT2D eigenvalue weighted by Gasteiger charge is -2.25. The summed E-state index contributed by atoms with van der Waals surface area (Å²) in [6.45, 7) is 2.59. The van der Waals surface area contributed by atoms with E-state index in [-0.39, 0.29) is 17.8 Å². The van der Waals surface area contributed by atoms with Gasteiger partial charge in [-0.15, -0.1) is 0 Å². The van der Waals surface area contributed by atoms with E-state index in [0.29, 0.717) is 5.89 Å². The van der Waals surface area contributed by atoms with Gasteiger partial charge in [-0.1, -0.05) is 5.16 Å². The van der Waals surface area contributed by atoms with Crippen LogP contribution in [0.4, 0.5) is 0 Å².